The van der Waals surface area contributed by atoms with Crippen molar-refractivity contribution in [2.45, 2.75) is 19.5 Å². The molecule has 0 aliphatic rings. The highest BCUT2D eigenvalue weighted by Gasteiger charge is 2.26. The second-order valence-corrected chi connectivity index (χ2v) is 7.32. The van der Waals surface area contributed by atoms with Crippen LogP contribution in [0.1, 0.15) is 19.4 Å². The van der Waals surface area contributed by atoms with Gasteiger partial charge in [-0.3, -0.25) is 0 Å². The van der Waals surface area contributed by atoms with Crippen molar-refractivity contribution < 1.29 is 8.78 Å². The van der Waals surface area contributed by atoms with Gasteiger partial charge in [-0.05, 0) is 43.7 Å². The summed E-state index contributed by atoms with van der Waals surface area (Å²) in [6.45, 7) is 6.73. The third-order valence-electron chi connectivity index (χ3n) is 3.93. The Hall–Kier alpha value is -2.21. The van der Waals surface area contributed by atoms with Crippen molar-refractivity contribution in [3.05, 3.63) is 60.2 Å². The Morgan fingerprint density at radius 3 is 2.42 bits per heavy atom. The number of nitrogens with zero attached hydrogens (tertiary/aromatic N) is 1. The number of hydrogen-bond donors (Lipinski definition) is 2. The van der Waals surface area contributed by atoms with Crippen molar-refractivity contribution >= 4 is 23.3 Å². The van der Waals surface area contributed by atoms with Crippen molar-refractivity contribution in [1.82, 2.24) is 4.90 Å². The lowest BCUT2D eigenvalue weighted by atomic mass is 9.89. The highest BCUT2D eigenvalue weighted by atomic mass is 32.2. The summed E-state index contributed by atoms with van der Waals surface area (Å²) < 4.78 is 33.1. The SMILES string of the molecule is C=C(Nc1cc(F)c(-c2cccc(NSC)c2)c(C(C)(C)F)c1)N(C)C. The first-order valence-electron chi connectivity index (χ1n) is 8.19. The van der Waals surface area contributed by atoms with Crippen LogP contribution in [0.2, 0.25) is 0 Å². The van der Waals surface area contributed by atoms with Crippen molar-refractivity contribution in [3.63, 3.8) is 0 Å². The van der Waals surface area contributed by atoms with Crippen LogP contribution in [-0.2, 0) is 5.67 Å². The van der Waals surface area contributed by atoms with Crippen LogP contribution in [0.15, 0.2) is 48.8 Å². The van der Waals surface area contributed by atoms with Gasteiger partial charge in [0.15, 0.2) is 0 Å². The molecular weight excluding hydrogens is 352 g/mol. The molecule has 0 atom stereocenters. The number of anilines is 2. The van der Waals surface area contributed by atoms with Crippen molar-refractivity contribution in [2.75, 3.05) is 30.4 Å². The van der Waals surface area contributed by atoms with Gasteiger partial charge in [0.1, 0.15) is 11.5 Å². The maximum Gasteiger partial charge on any atom is 0.133 e. The van der Waals surface area contributed by atoms with Gasteiger partial charge >= 0.3 is 0 Å². The molecule has 0 aliphatic carbocycles. The smallest absolute Gasteiger partial charge is 0.133 e. The monoisotopic (exact) mass is 377 g/mol. The molecule has 0 unspecified atom stereocenters. The summed E-state index contributed by atoms with van der Waals surface area (Å²) in [5.41, 5.74) is 0.761. The Balaban J connectivity index is 2.59. The quantitative estimate of drug-likeness (QED) is 0.594. The van der Waals surface area contributed by atoms with Crippen LogP contribution in [0.25, 0.3) is 11.1 Å². The van der Waals surface area contributed by atoms with E-state index in [1.54, 1.807) is 17.0 Å². The number of rotatable bonds is 7. The van der Waals surface area contributed by atoms with Gasteiger partial charge in [-0.1, -0.05) is 30.7 Å². The molecule has 0 aliphatic heterocycles. The molecule has 0 aromatic heterocycles. The molecule has 0 heterocycles. The zero-order valence-corrected chi connectivity index (χ0v) is 16.6. The average molecular weight is 378 g/mol. The maximum atomic E-state index is 15.0. The summed E-state index contributed by atoms with van der Waals surface area (Å²) in [7, 11) is 3.65. The average Bonchev–Trinajstić information content (AvgIpc) is 2.54. The molecule has 0 saturated heterocycles. The minimum Gasteiger partial charge on any atom is -0.365 e. The fourth-order valence-electron chi connectivity index (χ4n) is 2.58. The topological polar surface area (TPSA) is 27.3 Å². The Morgan fingerprint density at radius 1 is 1.15 bits per heavy atom. The van der Waals surface area contributed by atoms with E-state index in [0.29, 0.717) is 17.1 Å². The summed E-state index contributed by atoms with van der Waals surface area (Å²) in [6.07, 6.45) is 1.90. The van der Waals surface area contributed by atoms with Crippen LogP contribution in [0.5, 0.6) is 0 Å². The molecule has 140 valence electrons. The van der Waals surface area contributed by atoms with E-state index in [0.717, 1.165) is 5.69 Å². The Kier molecular flexibility index (Phi) is 6.18. The first-order valence-corrected chi connectivity index (χ1v) is 9.41. The molecule has 0 spiro atoms. The van der Waals surface area contributed by atoms with Crippen LogP contribution in [0.3, 0.4) is 0 Å². The highest BCUT2D eigenvalue weighted by molar-refractivity contribution is 7.99. The van der Waals surface area contributed by atoms with E-state index in [1.165, 1.54) is 31.9 Å². The lowest BCUT2D eigenvalue weighted by molar-refractivity contribution is 0.222. The number of halogens is 2. The molecule has 2 N–H and O–H groups in total. The van der Waals surface area contributed by atoms with Gasteiger partial charge in [0, 0.05) is 42.9 Å². The molecule has 0 fully saturated rings. The summed E-state index contributed by atoms with van der Waals surface area (Å²) in [6, 6.07) is 10.3. The number of benzene rings is 2. The van der Waals surface area contributed by atoms with Gasteiger partial charge in [-0.25, -0.2) is 8.78 Å². The predicted octanol–water partition coefficient (Wildman–Crippen LogP) is 5.83. The second kappa shape index (κ2) is 7.99. The van der Waals surface area contributed by atoms with Gasteiger partial charge in [0.2, 0.25) is 0 Å². The highest BCUT2D eigenvalue weighted by Crippen LogP contribution is 2.39. The van der Waals surface area contributed by atoms with Crippen LogP contribution >= 0.6 is 11.9 Å². The lowest BCUT2D eigenvalue weighted by Gasteiger charge is -2.23. The number of alkyl halides is 1. The van der Waals surface area contributed by atoms with E-state index in [1.807, 2.05) is 38.6 Å². The molecule has 2 rings (SSSR count). The first kappa shape index (κ1) is 20.1. The Labute approximate surface area is 158 Å². The Bertz CT molecular complexity index is 798. The lowest BCUT2D eigenvalue weighted by Crippen LogP contribution is -2.18. The fraction of sp³-hybridized carbons (Fsp3) is 0.300. The number of nitrogens with one attached hydrogen (secondary N) is 2. The molecule has 0 amide bonds. The fourth-order valence-corrected chi connectivity index (χ4v) is 2.94. The van der Waals surface area contributed by atoms with E-state index >= 15 is 4.39 Å². The molecular formula is C20H25F2N3S. The summed E-state index contributed by atoms with van der Waals surface area (Å²) in [5.74, 6) is 0.106. The number of hydrogen-bond acceptors (Lipinski definition) is 4. The van der Waals surface area contributed by atoms with E-state index in [9.17, 15) is 4.39 Å². The van der Waals surface area contributed by atoms with E-state index in [4.69, 9.17) is 0 Å². The molecule has 3 nitrogen and oxygen atoms in total. The van der Waals surface area contributed by atoms with Crippen molar-refractivity contribution in [1.29, 1.82) is 0 Å². The van der Waals surface area contributed by atoms with Crippen LogP contribution in [0, 0.1) is 5.82 Å². The van der Waals surface area contributed by atoms with E-state index in [2.05, 4.69) is 16.6 Å². The third kappa shape index (κ3) is 4.69. The van der Waals surface area contributed by atoms with Crippen molar-refractivity contribution in [2.24, 2.45) is 0 Å². The zero-order chi connectivity index (χ0) is 19.5. The van der Waals surface area contributed by atoms with E-state index < -0.39 is 11.5 Å². The van der Waals surface area contributed by atoms with E-state index in [-0.39, 0.29) is 11.1 Å². The second-order valence-electron chi connectivity index (χ2n) is 6.71. The normalized spacial score (nSPS) is 11.2. The Morgan fingerprint density at radius 2 is 1.85 bits per heavy atom. The maximum absolute atomic E-state index is 15.0. The van der Waals surface area contributed by atoms with Gasteiger partial charge in [-0.2, -0.15) is 0 Å². The van der Waals surface area contributed by atoms with Crippen LogP contribution in [-0.4, -0.2) is 25.3 Å². The third-order valence-corrected chi connectivity index (χ3v) is 4.37. The molecule has 2 aromatic carbocycles. The minimum atomic E-state index is -1.71. The zero-order valence-electron chi connectivity index (χ0n) is 15.8. The molecule has 6 heteroatoms. The van der Waals surface area contributed by atoms with Crippen LogP contribution < -0.4 is 10.0 Å². The molecule has 2 aromatic rings. The van der Waals surface area contributed by atoms with Gasteiger partial charge in [-0.15, -0.1) is 0 Å². The largest absolute Gasteiger partial charge is 0.365 e. The van der Waals surface area contributed by atoms with Crippen molar-refractivity contribution in [3.8, 4) is 11.1 Å². The molecule has 26 heavy (non-hydrogen) atoms. The minimum absolute atomic E-state index is 0.267. The van der Waals surface area contributed by atoms with Gasteiger partial charge in [0.25, 0.3) is 0 Å². The predicted molar refractivity (Wildman–Crippen MR) is 110 cm³/mol. The van der Waals surface area contributed by atoms with Crippen LogP contribution in [0.4, 0.5) is 20.2 Å². The standard InChI is InChI=1S/C20H25F2N3S/c1-13(25(4)5)23-16-11-17(20(2,3)22)19(18(21)12-16)14-8-7-9-15(10-14)24-26-6/h7-12,23-24H,1H2,2-6H3. The first-order chi connectivity index (χ1) is 12.1. The summed E-state index contributed by atoms with van der Waals surface area (Å²) in [4.78, 5) is 1.77. The molecule has 0 saturated carbocycles. The molecule has 0 radical (unpaired) electrons. The summed E-state index contributed by atoms with van der Waals surface area (Å²) in [5, 5.41) is 3.01. The van der Waals surface area contributed by atoms with Gasteiger partial charge in [0.05, 0.1) is 5.82 Å². The molecule has 0 bridgehead atoms. The summed E-state index contributed by atoms with van der Waals surface area (Å²) >= 11 is 1.44. The van der Waals surface area contributed by atoms with Gasteiger partial charge < -0.3 is 14.9 Å².